The van der Waals surface area contributed by atoms with Gasteiger partial charge in [0, 0.05) is 0 Å². The predicted molar refractivity (Wildman–Crippen MR) is 81.1 cm³/mol. The number of carbonyl (C=O) groups is 2. The summed E-state index contributed by atoms with van der Waals surface area (Å²) in [7, 11) is 0. The minimum absolute atomic E-state index is 0.192. The van der Waals surface area contributed by atoms with Gasteiger partial charge in [0.2, 0.25) is 0 Å². The number of carboxylic acid groups (broad SMARTS) is 1. The van der Waals surface area contributed by atoms with Crippen LogP contribution >= 0.6 is 45.2 Å². The Morgan fingerprint density at radius 3 is 1.87 bits per heavy atom. The van der Waals surface area contributed by atoms with Crippen molar-refractivity contribution in [3.63, 3.8) is 0 Å². The molecule has 1 aromatic carbocycles. The van der Waals surface area contributed by atoms with Gasteiger partial charge in [0.25, 0.3) is 0 Å². The average Bonchev–Trinajstić information content (AvgIpc) is 2.40. The maximum absolute atomic E-state index is 13.3. The first-order valence-corrected chi connectivity index (χ1v) is 7.51. The standard InChI is InChI=1S/C11H5F5I2O5/c12-10(13,8(20)21)7(19)3-1-4(17)6(5(18)2-3)23-9(22)11(14,15)16/h1-2,7,19H,(H,20,21). The highest BCUT2D eigenvalue weighted by Crippen LogP contribution is 2.37. The van der Waals surface area contributed by atoms with Crippen LogP contribution in [-0.4, -0.2) is 34.3 Å². The minimum atomic E-state index is -5.25. The molecule has 12 heteroatoms. The monoisotopic (exact) mass is 566 g/mol. The molecule has 0 heterocycles. The van der Waals surface area contributed by atoms with Gasteiger partial charge in [-0.3, -0.25) is 0 Å². The summed E-state index contributed by atoms with van der Waals surface area (Å²) >= 11 is 2.80. The summed E-state index contributed by atoms with van der Waals surface area (Å²) < 4.78 is 66.8. The molecule has 0 bridgehead atoms. The fourth-order valence-corrected chi connectivity index (χ4v) is 3.35. The number of hydrogen-bond donors (Lipinski definition) is 2. The van der Waals surface area contributed by atoms with Crippen molar-refractivity contribution in [2.75, 3.05) is 0 Å². The van der Waals surface area contributed by atoms with Gasteiger partial charge in [-0.1, -0.05) is 0 Å². The second kappa shape index (κ2) is 7.00. The zero-order valence-corrected chi connectivity index (χ0v) is 14.8. The van der Waals surface area contributed by atoms with Crippen LogP contribution in [0.15, 0.2) is 12.1 Å². The van der Waals surface area contributed by atoms with E-state index in [2.05, 4.69) is 4.74 Å². The summed E-state index contributed by atoms with van der Waals surface area (Å²) in [5.74, 6) is -10.1. The van der Waals surface area contributed by atoms with E-state index in [1.165, 1.54) is 45.2 Å². The van der Waals surface area contributed by atoms with E-state index in [1.54, 1.807) is 0 Å². The highest BCUT2D eigenvalue weighted by Gasteiger charge is 2.48. The Morgan fingerprint density at radius 1 is 1.09 bits per heavy atom. The molecule has 1 rings (SSSR count). The van der Waals surface area contributed by atoms with Crippen molar-refractivity contribution < 1.29 is 46.5 Å². The lowest BCUT2D eigenvalue weighted by Gasteiger charge is -2.20. The smallest absolute Gasteiger partial charge is 0.477 e. The first-order valence-electron chi connectivity index (χ1n) is 5.35. The van der Waals surface area contributed by atoms with E-state index in [0.29, 0.717) is 0 Å². The van der Waals surface area contributed by atoms with E-state index in [9.17, 15) is 36.6 Å². The lowest BCUT2D eigenvalue weighted by molar-refractivity contribution is -0.189. The number of rotatable bonds is 4. The Balaban J connectivity index is 3.21. The number of hydrogen-bond acceptors (Lipinski definition) is 4. The van der Waals surface area contributed by atoms with Crippen molar-refractivity contribution in [3.05, 3.63) is 24.8 Å². The van der Waals surface area contributed by atoms with Gasteiger partial charge in [-0.15, -0.1) is 0 Å². The summed E-state index contributed by atoms with van der Waals surface area (Å²) in [4.78, 5) is 21.2. The second-order valence-corrected chi connectivity index (χ2v) is 6.36. The third kappa shape index (κ3) is 4.62. The van der Waals surface area contributed by atoms with Crippen molar-refractivity contribution in [2.45, 2.75) is 18.2 Å². The van der Waals surface area contributed by atoms with Gasteiger partial charge in [-0.2, -0.15) is 22.0 Å². The summed E-state index contributed by atoms with van der Waals surface area (Å²) in [6.45, 7) is 0. The number of esters is 1. The van der Waals surface area contributed by atoms with Crippen LogP contribution in [0.25, 0.3) is 0 Å². The number of alkyl halides is 5. The lowest BCUT2D eigenvalue weighted by Crippen LogP contribution is -2.35. The number of aliphatic hydroxyl groups is 1. The Morgan fingerprint density at radius 2 is 1.52 bits per heavy atom. The van der Waals surface area contributed by atoms with E-state index < -0.39 is 41.5 Å². The molecule has 0 aliphatic rings. The fraction of sp³-hybridized carbons (Fsp3) is 0.273. The molecule has 0 aliphatic heterocycles. The average molecular weight is 566 g/mol. The SMILES string of the molecule is O=C(Oc1c(I)cc(C(O)C(F)(F)C(=O)O)cc1I)C(F)(F)F. The molecule has 0 saturated heterocycles. The van der Waals surface area contributed by atoms with Crippen LogP contribution in [0.4, 0.5) is 22.0 Å². The zero-order chi connectivity index (χ0) is 18.2. The Kier molecular flexibility index (Phi) is 6.17. The highest BCUT2D eigenvalue weighted by molar-refractivity contribution is 14.1. The number of halogens is 7. The number of ether oxygens (including phenoxy) is 1. The number of carbonyl (C=O) groups excluding carboxylic acids is 1. The molecule has 0 fully saturated rings. The molecule has 0 spiro atoms. The van der Waals surface area contributed by atoms with E-state index >= 15 is 0 Å². The molecular formula is C11H5F5I2O5. The topological polar surface area (TPSA) is 83.8 Å². The van der Waals surface area contributed by atoms with Crippen LogP contribution in [0.2, 0.25) is 0 Å². The van der Waals surface area contributed by atoms with Crippen LogP contribution in [-0.2, 0) is 9.59 Å². The molecule has 0 aromatic heterocycles. The lowest BCUT2D eigenvalue weighted by atomic mass is 10.0. The zero-order valence-electron chi connectivity index (χ0n) is 10.5. The van der Waals surface area contributed by atoms with Gasteiger partial charge in [-0.25, -0.2) is 9.59 Å². The largest absolute Gasteiger partial charge is 0.491 e. The first-order chi connectivity index (χ1) is 10.3. The third-order valence-corrected chi connectivity index (χ3v) is 3.99. The molecule has 5 nitrogen and oxygen atoms in total. The third-order valence-electron chi connectivity index (χ3n) is 2.39. The van der Waals surface area contributed by atoms with Crippen LogP contribution in [0.5, 0.6) is 5.75 Å². The number of carboxylic acids is 1. The van der Waals surface area contributed by atoms with Gasteiger partial charge in [0.1, 0.15) is 0 Å². The van der Waals surface area contributed by atoms with Crippen molar-refractivity contribution in [3.8, 4) is 5.75 Å². The van der Waals surface area contributed by atoms with Crippen molar-refractivity contribution in [2.24, 2.45) is 0 Å². The summed E-state index contributed by atoms with van der Waals surface area (Å²) in [5.41, 5.74) is -0.557. The number of aliphatic carboxylic acids is 1. The van der Waals surface area contributed by atoms with E-state index in [1.807, 2.05) is 0 Å². The Bertz CT molecular complexity index is 623. The fourth-order valence-electron chi connectivity index (χ4n) is 1.31. The Labute approximate surface area is 152 Å². The van der Waals surface area contributed by atoms with Gasteiger partial charge >= 0.3 is 24.0 Å². The van der Waals surface area contributed by atoms with Crippen LogP contribution in [0, 0.1) is 7.14 Å². The van der Waals surface area contributed by atoms with Gasteiger partial charge in [0.15, 0.2) is 11.9 Å². The van der Waals surface area contributed by atoms with Crippen molar-refractivity contribution in [1.29, 1.82) is 0 Å². The van der Waals surface area contributed by atoms with Crippen molar-refractivity contribution >= 4 is 57.1 Å². The molecule has 0 amide bonds. The molecule has 1 atom stereocenters. The van der Waals surface area contributed by atoms with Crippen LogP contribution in [0.3, 0.4) is 0 Å². The summed E-state index contributed by atoms with van der Waals surface area (Å²) in [6.07, 6.45) is -7.98. The minimum Gasteiger partial charge on any atom is -0.477 e. The quantitative estimate of drug-likeness (QED) is 0.254. The predicted octanol–water partition coefficient (Wildman–Crippen LogP) is 3.12. The number of aliphatic hydroxyl groups excluding tert-OH is 1. The highest BCUT2D eigenvalue weighted by atomic mass is 127. The Hall–Kier alpha value is -0.770. The first kappa shape index (κ1) is 20.3. The van der Waals surface area contributed by atoms with E-state index in [0.717, 1.165) is 12.1 Å². The summed E-state index contributed by atoms with van der Waals surface area (Å²) in [5, 5.41) is 17.8. The number of benzene rings is 1. The normalized spacial score (nSPS) is 13.6. The maximum atomic E-state index is 13.3. The van der Waals surface area contributed by atoms with Gasteiger partial charge in [-0.05, 0) is 62.9 Å². The second-order valence-electron chi connectivity index (χ2n) is 4.03. The molecule has 0 radical (unpaired) electrons. The van der Waals surface area contributed by atoms with E-state index in [4.69, 9.17) is 5.11 Å². The molecule has 128 valence electrons. The van der Waals surface area contributed by atoms with Crippen LogP contribution in [0.1, 0.15) is 11.7 Å². The molecular weight excluding hydrogens is 561 g/mol. The van der Waals surface area contributed by atoms with Gasteiger partial charge < -0.3 is 14.9 Å². The molecule has 1 aromatic rings. The van der Waals surface area contributed by atoms with Crippen LogP contribution < -0.4 is 4.74 Å². The summed E-state index contributed by atoms with van der Waals surface area (Å²) in [6, 6.07) is 1.59. The van der Waals surface area contributed by atoms with E-state index in [-0.39, 0.29) is 7.14 Å². The van der Waals surface area contributed by atoms with Gasteiger partial charge in [0.05, 0.1) is 7.14 Å². The van der Waals surface area contributed by atoms with Crippen molar-refractivity contribution in [1.82, 2.24) is 0 Å². The molecule has 2 N–H and O–H groups in total. The molecule has 0 saturated carbocycles. The molecule has 0 aliphatic carbocycles. The molecule has 23 heavy (non-hydrogen) atoms. The molecule has 1 unspecified atom stereocenters. The maximum Gasteiger partial charge on any atom is 0.491 e.